The Morgan fingerprint density at radius 3 is 2.42 bits per heavy atom. The molecule has 3 rings (SSSR count). The number of halogens is 1. The summed E-state index contributed by atoms with van der Waals surface area (Å²) in [6, 6.07) is 11.0. The fourth-order valence-corrected chi connectivity index (χ4v) is 4.75. The largest absolute Gasteiger partial charge is 0.484 e. The molecular weight excluding hydrogens is 449 g/mol. The minimum absolute atomic E-state index is 0.0487. The van der Waals surface area contributed by atoms with E-state index in [0.29, 0.717) is 32.1 Å². The van der Waals surface area contributed by atoms with Crippen molar-refractivity contribution in [2.75, 3.05) is 53.6 Å². The van der Waals surface area contributed by atoms with Crippen molar-refractivity contribution in [3.8, 4) is 5.75 Å². The van der Waals surface area contributed by atoms with Crippen molar-refractivity contribution >= 4 is 10.0 Å². The summed E-state index contributed by atoms with van der Waals surface area (Å²) < 4.78 is 58.1. The molecule has 0 bridgehead atoms. The van der Waals surface area contributed by atoms with Crippen LogP contribution in [0.25, 0.3) is 0 Å². The molecule has 0 amide bonds. The van der Waals surface area contributed by atoms with Gasteiger partial charge in [0.05, 0.1) is 37.4 Å². The fourth-order valence-electron chi connectivity index (χ4n) is 3.73. The highest BCUT2D eigenvalue weighted by molar-refractivity contribution is 7.89. The van der Waals surface area contributed by atoms with Crippen molar-refractivity contribution in [1.82, 2.24) is 9.62 Å². The molecule has 10 heteroatoms. The molecule has 2 aromatic carbocycles. The lowest BCUT2D eigenvalue weighted by Gasteiger charge is -2.27. The summed E-state index contributed by atoms with van der Waals surface area (Å²) in [6.07, 6.45) is 0.405. The first-order valence-electron chi connectivity index (χ1n) is 10.9. The normalized spacial score (nSPS) is 18.0. The molecule has 2 atom stereocenters. The predicted octanol–water partition coefficient (Wildman–Crippen LogP) is 1.70. The molecule has 0 unspecified atom stereocenters. The van der Waals surface area contributed by atoms with Crippen LogP contribution in [0.2, 0.25) is 0 Å². The molecule has 1 aliphatic rings. The molecule has 0 aliphatic heterocycles. The Morgan fingerprint density at radius 2 is 1.76 bits per heavy atom. The Hall–Kier alpha value is -2.08. The molecule has 0 saturated heterocycles. The number of sulfonamides is 1. The molecule has 0 saturated carbocycles. The maximum Gasteiger partial charge on any atom is 0.240 e. The van der Waals surface area contributed by atoms with Gasteiger partial charge in [0.1, 0.15) is 17.7 Å². The summed E-state index contributed by atoms with van der Waals surface area (Å²) in [5.74, 6) is 0.213. The highest BCUT2D eigenvalue weighted by Crippen LogP contribution is 2.37. The average Bonchev–Trinajstić information content (AvgIpc) is 3.14. The van der Waals surface area contributed by atoms with Crippen LogP contribution < -0.4 is 15.2 Å². The number of nitrogens with one attached hydrogen (secondary N) is 1. The minimum atomic E-state index is -3.68. The molecule has 3 N–H and O–H groups in total. The molecule has 1 aliphatic carbocycles. The monoisotopic (exact) mass is 481 g/mol. The van der Waals surface area contributed by atoms with Gasteiger partial charge in [0.15, 0.2) is 0 Å². The lowest BCUT2D eigenvalue weighted by atomic mass is 10.1. The van der Waals surface area contributed by atoms with Crippen LogP contribution in [0.1, 0.15) is 17.2 Å². The molecule has 2 aromatic rings. The summed E-state index contributed by atoms with van der Waals surface area (Å²) >= 11 is 0. The molecule has 33 heavy (non-hydrogen) atoms. The van der Waals surface area contributed by atoms with E-state index in [1.165, 1.54) is 24.3 Å². The number of nitrogens with zero attached hydrogens (tertiary/aromatic N) is 1. The van der Waals surface area contributed by atoms with Crippen LogP contribution >= 0.6 is 0 Å². The number of likely N-dealkylation sites (N-methyl/N-ethyl adjacent to an activating group) is 1. The molecule has 0 aromatic heterocycles. The molecule has 0 radical (unpaired) electrons. The van der Waals surface area contributed by atoms with E-state index in [1.54, 1.807) is 18.2 Å². The summed E-state index contributed by atoms with van der Waals surface area (Å²) in [5, 5.41) is 0. The number of nitrogens with two attached hydrogens (primary N) is 1. The summed E-state index contributed by atoms with van der Waals surface area (Å²) in [6.45, 7) is 2.08. The van der Waals surface area contributed by atoms with Gasteiger partial charge in [-0.25, -0.2) is 17.5 Å². The number of fused-ring (bicyclic) bond motifs is 1. The highest BCUT2D eigenvalue weighted by Gasteiger charge is 2.36. The zero-order valence-electron chi connectivity index (χ0n) is 19.0. The van der Waals surface area contributed by atoms with E-state index < -0.39 is 10.0 Å². The lowest BCUT2D eigenvalue weighted by molar-refractivity contribution is 0.0530. The van der Waals surface area contributed by atoms with Crippen LogP contribution in [-0.4, -0.2) is 73.0 Å². The zero-order valence-corrected chi connectivity index (χ0v) is 19.8. The molecular formula is C23H32FN3O5S. The Morgan fingerprint density at radius 1 is 1.06 bits per heavy atom. The van der Waals surface area contributed by atoms with Crippen LogP contribution in [0.4, 0.5) is 4.39 Å². The average molecular weight is 482 g/mol. The predicted molar refractivity (Wildman–Crippen MR) is 123 cm³/mol. The van der Waals surface area contributed by atoms with Crippen LogP contribution in [0.5, 0.6) is 5.75 Å². The van der Waals surface area contributed by atoms with Crippen molar-refractivity contribution in [3.05, 3.63) is 59.4 Å². The molecule has 8 nitrogen and oxygen atoms in total. The Labute approximate surface area is 194 Å². The Kier molecular flexibility index (Phi) is 9.19. The minimum Gasteiger partial charge on any atom is -0.484 e. The van der Waals surface area contributed by atoms with Crippen LogP contribution in [0.3, 0.4) is 0 Å². The number of ether oxygens (including phenoxy) is 3. The van der Waals surface area contributed by atoms with E-state index in [9.17, 15) is 12.8 Å². The van der Waals surface area contributed by atoms with Gasteiger partial charge < -0.3 is 24.8 Å². The Bertz CT molecular complexity index is 1000. The fraction of sp³-hybridized carbons (Fsp3) is 0.478. The van der Waals surface area contributed by atoms with E-state index in [0.717, 1.165) is 17.5 Å². The van der Waals surface area contributed by atoms with Crippen LogP contribution in [0, 0.1) is 5.82 Å². The summed E-state index contributed by atoms with van der Waals surface area (Å²) in [4.78, 5) is 2.18. The van der Waals surface area contributed by atoms with Crippen molar-refractivity contribution in [1.29, 1.82) is 0 Å². The summed E-state index contributed by atoms with van der Waals surface area (Å²) in [7, 11) is 0.244. The van der Waals surface area contributed by atoms with Gasteiger partial charge in [0.2, 0.25) is 10.0 Å². The zero-order chi connectivity index (χ0) is 23.8. The number of hydrogen-bond donors (Lipinski definition) is 2. The standard InChI is InChI=1S/C23H32FN3O5S/c1-27(2)22-15-17-3-4-18(24)16-21(17)23(22)32-19-5-7-20(8-6-19)33(28,29)26-10-12-31-14-13-30-11-9-25/h3-8,16,22-23,26H,9-15,25H2,1-2H3/t22-,23-/m0/s1. The van der Waals surface area contributed by atoms with E-state index >= 15 is 0 Å². The van der Waals surface area contributed by atoms with Gasteiger partial charge in [-0.05, 0) is 62.5 Å². The van der Waals surface area contributed by atoms with Crippen LogP contribution in [0.15, 0.2) is 47.4 Å². The van der Waals surface area contributed by atoms with Crippen molar-refractivity contribution in [2.45, 2.75) is 23.5 Å². The van der Waals surface area contributed by atoms with Crippen molar-refractivity contribution in [3.63, 3.8) is 0 Å². The molecule has 0 heterocycles. The second-order valence-electron chi connectivity index (χ2n) is 8.00. The van der Waals surface area contributed by atoms with E-state index in [4.69, 9.17) is 19.9 Å². The van der Waals surface area contributed by atoms with Gasteiger partial charge >= 0.3 is 0 Å². The number of benzene rings is 2. The number of rotatable bonds is 13. The summed E-state index contributed by atoms with van der Waals surface area (Å²) in [5.41, 5.74) is 7.19. The smallest absolute Gasteiger partial charge is 0.240 e. The van der Waals surface area contributed by atoms with Gasteiger partial charge in [-0.15, -0.1) is 0 Å². The molecule has 182 valence electrons. The number of hydrogen-bond acceptors (Lipinski definition) is 7. The first-order chi connectivity index (χ1) is 15.8. The van der Waals surface area contributed by atoms with Gasteiger partial charge in [-0.1, -0.05) is 6.07 Å². The second kappa shape index (κ2) is 11.9. The van der Waals surface area contributed by atoms with E-state index in [1.807, 2.05) is 14.1 Å². The van der Waals surface area contributed by atoms with Gasteiger partial charge in [0.25, 0.3) is 0 Å². The quantitative estimate of drug-likeness (QED) is 0.420. The van der Waals surface area contributed by atoms with E-state index in [2.05, 4.69) is 9.62 Å². The topological polar surface area (TPSA) is 103 Å². The van der Waals surface area contributed by atoms with Gasteiger partial charge in [0, 0.05) is 18.7 Å². The lowest BCUT2D eigenvalue weighted by Crippen LogP contribution is -2.34. The Balaban J connectivity index is 1.57. The first-order valence-corrected chi connectivity index (χ1v) is 12.4. The second-order valence-corrected chi connectivity index (χ2v) is 9.77. The maximum absolute atomic E-state index is 13.8. The van der Waals surface area contributed by atoms with E-state index in [-0.39, 0.29) is 36.0 Å². The first kappa shape index (κ1) is 25.5. The SMILES string of the molecule is CN(C)[C@H]1Cc2ccc(F)cc2[C@@H]1Oc1ccc(S(=O)(=O)NCCOCCOCCN)cc1. The molecule has 0 fully saturated rings. The van der Waals surface area contributed by atoms with Crippen molar-refractivity contribution in [2.24, 2.45) is 5.73 Å². The van der Waals surface area contributed by atoms with Crippen LogP contribution in [-0.2, 0) is 25.9 Å². The highest BCUT2D eigenvalue weighted by atomic mass is 32.2. The third-order valence-corrected chi connectivity index (χ3v) is 6.90. The van der Waals surface area contributed by atoms with Gasteiger partial charge in [-0.2, -0.15) is 0 Å². The van der Waals surface area contributed by atoms with Crippen molar-refractivity contribution < 1.29 is 27.0 Å². The van der Waals surface area contributed by atoms with Gasteiger partial charge in [-0.3, -0.25) is 0 Å². The maximum atomic E-state index is 13.8. The third-order valence-electron chi connectivity index (χ3n) is 5.43. The third kappa shape index (κ3) is 6.95. The molecule has 0 spiro atoms.